The van der Waals surface area contributed by atoms with Crippen LogP contribution in [0.4, 0.5) is 0 Å². The first kappa shape index (κ1) is 22.3. The Morgan fingerprint density at radius 1 is 1.21 bits per heavy atom. The fourth-order valence-corrected chi connectivity index (χ4v) is 6.43. The topological polar surface area (TPSA) is 82.1 Å². The molecule has 3 rings (SSSR count). The number of aliphatic hydroxyl groups excluding tert-OH is 1. The molecule has 1 N–H and O–H groups in total. The monoisotopic (exact) mass is 408 g/mol. The van der Waals surface area contributed by atoms with Crippen LogP contribution in [0.3, 0.4) is 0 Å². The highest BCUT2D eigenvalue weighted by molar-refractivity contribution is 5.70. The molecule has 1 aliphatic heterocycles. The van der Waals surface area contributed by atoms with Gasteiger partial charge >= 0.3 is 11.9 Å². The Kier molecular flexibility index (Phi) is 5.91. The van der Waals surface area contributed by atoms with Gasteiger partial charge in [0.15, 0.2) is 0 Å². The summed E-state index contributed by atoms with van der Waals surface area (Å²) < 4.78 is 17.2. The molecule has 6 heteroatoms. The van der Waals surface area contributed by atoms with Crippen molar-refractivity contribution in [2.75, 3.05) is 20.3 Å². The highest BCUT2D eigenvalue weighted by Gasteiger charge is 2.66. The predicted molar refractivity (Wildman–Crippen MR) is 108 cm³/mol. The van der Waals surface area contributed by atoms with Crippen molar-refractivity contribution in [2.45, 2.75) is 83.8 Å². The molecule has 164 valence electrons. The number of esters is 2. The SMILES string of the molecule is COC(=O)CC1(C)CCC2(O1)C(COC(C)=O)=CCC1C(C)(CO)CCCC12C. The van der Waals surface area contributed by atoms with Gasteiger partial charge in [0, 0.05) is 18.9 Å². The lowest BCUT2D eigenvalue weighted by Crippen LogP contribution is -2.61. The lowest BCUT2D eigenvalue weighted by atomic mass is 9.46. The first-order valence-electron chi connectivity index (χ1n) is 10.7. The van der Waals surface area contributed by atoms with Crippen LogP contribution >= 0.6 is 0 Å². The van der Waals surface area contributed by atoms with E-state index in [-0.39, 0.29) is 48.3 Å². The van der Waals surface area contributed by atoms with Gasteiger partial charge in [-0.25, -0.2) is 0 Å². The molecule has 29 heavy (non-hydrogen) atoms. The number of hydrogen-bond donors (Lipinski definition) is 1. The van der Waals surface area contributed by atoms with Crippen molar-refractivity contribution >= 4 is 11.9 Å². The average molecular weight is 409 g/mol. The molecule has 2 aliphatic carbocycles. The zero-order valence-electron chi connectivity index (χ0n) is 18.5. The summed E-state index contributed by atoms with van der Waals surface area (Å²) in [6.07, 6.45) is 7.69. The maximum absolute atomic E-state index is 12.0. The second kappa shape index (κ2) is 7.69. The van der Waals surface area contributed by atoms with Crippen molar-refractivity contribution in [3.63, 3.8) is 0 Å². The lowest BCUT2D eigenvalue weighted by Gasteiger charge is -2.61. The number of ether oxygens (including phenoxy) is 3. The van der Waals surface area contributed by atoms with E-state index in [9.17, 15) is 14.7 Å². The molecule has 3 aliphatic rings. The summed E-state index contributed by atoms with van der Waals surface area (Å²) in [4.78, 5) is 23.6. The minimum absolute atomic E-state index is 0.149. The van der Waals surface area contributed by atoms with Crippen LogP contribution in [-0.2, 0) is 23.8 Å². The van der Waals surface area contributed by atoms with Gasteiger partial charge in [-0.2, -0.15) is 0 Å². The van der Waals surface area contributed by atoms with Gasteiger partial charge in [0.2, 0.25) is 0 Å². The molecule has 1 saturated carbocycles. The van der Waals surface area contributed by atoms with Gasteiger partial charge in [0.1, 0.15) is 6.61 Å². The Hall–Kier alpha value is -1.40. The molecular formula is C23H36O6. The molecule has 0 aromatic heterocycles. The number of methoxy groups -OCH3 is 1. The highest BCUT2D eigenvalue weighted by Crippen LogP contribution is 2.66. The fourth-order valence-electron chi connectivity index (χ4n) is 6.43. The highest BCUT2D eigenvalue weighted by atomic mass is 16.6. The molecule has 6 nitrogen and oxygen atoms in total. The second-order valence-corrected chi connectivity index (χ2v) is 10.0. The normalized spacial score (nSPS) is 41.6. The predicted octanol–water partition coefficient (Wildman–Crippen LogP) is 3.56. The molecule has 5 atom stereocenters. The van der Waals surface area contributed by atoms with Crippen LogP contribution in [0.15, 0.2) is 11.6 Å². The van der Waals surface area contributed by atoms with Gasteiger partial charge in [-0.1, -0.05) is 26.3 Å². The van der Waals surface area contributed by atoms with E-state index >= 15 is 0 Å². The zero-order chi connectivity index (χ0) is 21.5. The van der Waals surface area contributed by atoms with E-state index in [0.29, 0.717) is 0 Å². The Morgan fingerprint density at radius 2 is 1.93 bits per heavy atom. The van der Waals surface area contributed by atoms with Crippen LogP contribution in [0, 0.1) is 16.7 Å². The number of carbonyl (C=O) groups is 2. The fraction of sp³-hybridized carbons (Fsp3) is 0.826. The van der Waals surface area contributed by atoms with Crippen LogP contribution < -0.4 is 0 Å². The Labute approximate surface area is 174 Å². The Bertz CT molecular complexity index is 701. The molecule has 1 spiro atoms. The Morgan fingerprint density at radius 3 is 2.55 bits per heavy atom. The Balaban J connectivity index is 2.03. The van der Waals surface area contributed by atoms with Gasteiger partial charge in [-0.15, -0.1) is 0 Å². The number of allylic oxidation sites excluding steroid dienone is 1. The second-order valence-electron chi connectivity index (χ2n) is 10.0. The van der Waals surface area contributed by atoms with Gasteiger partial charge < -0.3 is 19.3 Å². The van der Waals surface area contributed by atoms with Crippen molar-refractivity contribution in [3.8, 4) is 0 Å². The van der Waals surface area contributed by atoms with E-state index in [1.807, 2.05) is 6.92 Å². The summed E-state index contributed by atoms with van der Waals surface area (Å²) >= 11 is 0. The third kappa shape index (κ3) is 3.63. The van der Waals surface area contributed by atoms with E-state index < -0.39 is 11.2 Å². The number of fused-ring (bicyclic) bond motifs is 2. The molecular weight excluding hydrogens is 372 g/mol. The summed E-state index contributed by atoms with van der Waals surface area (Å²) in [5.74, 6) is -0.334. The molecule has 0 radical (unpaired) electrons. The third-order valence-electron chi connectivity index (χ3n) is 8.06. The molecule has 5 unspecified atom stereocenters. The first-order valence-corrected chi connectivity index (χ1v) is 10.7. The average Bonchev–Trinajstić information content (AvgIpc) is 3.01. The minimum Gasteiger partial charge on any atom is -0.469 e. The van der Waals surface area contributed by atoms with Gasteiger partial charge in [0.05, 0.1) is 24.7 Å². The van der Waals surface area contributed by atoms with Crippen molar-refractivity contribution in [1.82, 2.24) is 0 Å². The summed E-state index contributed by atoms with van der Waals surface area (Å²) in [6.45, 7) is 8.20. The zero-order valence-corrected chi connectivity index (χ0v) is 18.5. The third-order valence-corrected chi connectivity index (χ3v) is 8.06. The number of rotatable bonds is 5. The molecule has 2 fully saturated rings. The van der Waals surface area contributed by atoms with Crippen molar-refractivity contribution in [1.29, 1.82) is 0 Å². The minimum atomic E-state index is -0.625. The molecule has 0 aromatic carbocycles. The van der Waals surface area contributed by atoms with E-state index in [4.69, 9.17) is 14.2 Å². The maximum Gasteiger partial charge on any atom is 0.308 e. The van der Waals surface area contributed by atoms with E-state index in [2.05, 4.69) is 19.9 Å². The lowest BCUT2D eigenvalue weighted by molar-refractivity contribution is -0.202. The van der Waals surface area contributed by atoms with Crippen molar-refractivity contribution in [3.05, 3.63) is 11.6 Å². The molecule has 0 aromatic rings. The summed E-state index contributed by atoms with van der Waals surface area (Å²) in [7, 11) is 1.40. The van der Waals surface area contributed by atoms with E-state index in [1.165, 1.54) is 14.0 Å². The quantitative estimate of drug-likeness (QED) is 0.553. The van der Waals surface area contributed by atoms with E-state index in [1.54, 1.807) is 0 Å². The van der Waals surface area contributed by atoms with Crippen LogP contribution in [0.2, 0.25) is 0 Å². The summed E-state index contributed by atoms with van der Waals surface area (Å²) in [6, 6.07) is 0. The summed E-state index contributed by atoms with van der Waals surface area (Å²) in [5, 5.41) is 10.2. The van der Waals surface area contributed by atoms with Crippen LogP contribution in [0.1, 0.15) is 72.6 Å². The van der Waals surface area contributed by atoms with Crippen LogP contribution in [0.5, 0.6) is 0 Å². The number of aliphatic hydroxyl groups is 1. The smallest absolute Gasteiger partial charge is 0.308 e. The molecule has 0 amide bonds. The standard InChI is InChI=1S/C23H36O6/c1-16(25)28-14-17-7-8-18-20(2,15-24)9-6-10-22(18,4)23(17)12-11-21(3,29-23)13-19(26)27-5/h7,18,24H,6,8-15H2,1-5H3. The summed E-state index contributed by atoms with van der Waals surface area (Å²) in [5.41, 5.74) is -0.609. The van der Waals surface area contributed by atoms with Crippen molar-refractivity contribution in [2.24, 2.45) is 16.7 Å². The van der Waals surface area contributed by atoms with Gasteiger partial charge in [-0.3, -0.25) is 9.59 Å². The number of hydrogen-bond acceptors (Lipinski definition) is 6. The van der Waals surface area contributed by atoms with Crippen molar-refractivity contribution < 1.29 is 28.9 Å². The van der Waals surface area contributed by atoms with Gasteiger partial charge in [0.25, 0.3) is 0 Å². The van der Waals surface area contributed by atoms with Crippen LogP contribution in [-0.4, -0.2) is 48.6 Å². The largest absolute Gasteiger partial charge is 0.469 e. The molecule has 0 bridgehead atoms. The first-order chi connectivity index (χ1) is 13.5. The van der Waals surface area contributed by atoms with E-state index in [0.717, 1.165) is 44.1 Å². The van der Waals surface area contributed by atoms with Gasteiger partial charge in [-0.05, 0) is 55.9 Å². The number of carbonyl (C=O) groups excluding carboxylic acids is 2. The molecule has 1 saturated heterocycles. The molecule has 1 heterocycles. The maximum atomic E-state index is 12.0. The van der Waals surface area contributed by atoms with Crippen LogP contribution in [0.25, 0.3) is 0 Å².